The molecule has 0 unspecified atom stereocenters. The minimum atomic E-state index is -0.543. The van der Waals surface area contributed by atoms with Crippen LogP contribution in [0.3, 0.4) is 0 Å². The van der Waals surface area contributed by atoms with Gasteiger partial charge in [0.15, 0.2) is 0 Å². The van der Waals surface area contributed by atoms with E-state index in [0.29, 0.717) is 21.8 Å². The summed E-state index contributed by atoms with van der Waals surface area (Å²) in [7, 11) is 0. The number of hydrogen-bond acceptors (Lipinski definition) is 2. The number of benzene rings is 2. The summed E-state index contributed by atoms with van der Waals surface area (Å²) in [6, 6.07) is 12.5. The highest BCUT2D eigenvalue weighted by molar-refractivity contribution is 6.31. The topological polar surface area (TPSA) is 69.1 Å². The standard InChI is InChI=1S/C13H11ClN2O/c14-9-6-10(13(16)17)12(11(15)7-9)8-4-2-1-3-5-8/h1-7H,15H2,(H2,16,17). The molecular formula is C13H11ClN2O. The predicted octanol–water partition coefficient (Wildman–Crippen LogP) is 2.69. The van der Waals surface area contributed by atoms with Gasteiger partial charge >= 0.3 is 0 Å². The summed E-state index contributed by atoms with van der Waals surface area (Å²) < 4.78 is 0. The Kier molecular flexibility index (Phi) is 3.02. The Morgan fingerprint density at radius 1 is 1.12 bits per heavy atom. The Hall–Kier alpha value is -2.00. The fourth-order valence-corrected chi connectivity index (χ4v) is 1.98. The minimum Gasteiger partial charge on any atom is -0.398 e. The predicted molar refractivity (Wildman–Crippen MR) is 69.8 cm³/mol. The van der Waals surface area contributed by atoms with Crippen LogP contribution < -0.4 is 11.5 Å². The normalized spacial score (nSPS) is 10.2. The molecule has 0 bridgehead atoms. The van der Waals surface area contributed by atoms with Crippen molar-refractivity contribution < 1.29 is 4.79 Å². The molecule has 2 aromatic rings. The fraction of sp³-hybridized carbons (Fsp3) is 0. The molecule has 0 radical (unpaired) electrons. The highest BCUT2D eigenvalue weighted by Crippen LogP contribution is 2.32. The van der Waals surface area contributed by atoms with Crippen LogP contribution in [0.4, 0.5) is 5.69 Å². The Labute approximate surface area is 104 Å². The highest BCUT2D eigenvalue weighted by Gasteiger charge is 2.14. The SMILES string of the molecule is NC(=O)c1cc(Cl)cc(N)c1-c1ccccc1. The molecule has 0 aliphatic rings. The fourth-order valence-electron chi connectivity index (χ4n) is 1.75. The van der Waals surface area contributed by atoms with Gasteiger partial charge in [-0.2, -0.15) is 0 Å². The summed E-state index contributed by atoms with van der Waals surface area (Å²) in [5.41, 5.74) is 13.5. The number of primary amides is 1. The molecule has 1 amide bonds. The smallest absolute Gasteiger partial charge is 0.249 e. The molecule has 3 nitrogen and oxygen atoms in total. The maximum absolute atomic E-state index is 11.4. The summed E-state index contributed by atoms with van der Waals surface area (Å²) in [4.78, 5) is 11.4. The Bertz CT molecular complexity index is 567. The number of halogens is 1. The van der Waals surface area contributed by atoms with Crippen molar-refractivity contribution in [2.75, 3.05) is 5.73 Å². The van der Waals surface area contributed by atoms with Gasteiger partial charge in [-0.15, -0.1) is 0 Å². The van der Waals surface area contributed by atoms with E-state index in [1.165, 1.54) is 6.07 Å². The van der Waals surface area contributed by atoms with E-state index in [9.17, 15) is 4.79 Å². The number of carbonyl (C=O) groups is 1. The number of rotatable bonds is 2. The number of amides is 1. The molecule has 0 fully saturated rings. The zero-order chi connectivity index (χ0) is 12.4. The number of nitrogen functional groups attached to an aromatic ring is 1. The van der Waals surface area contributed by atoms with Crippen molar-refractivity contribution in [1.82, 2.24) is 0 Å². The molecule has 2 rings (SSSR count). The summed E-state index contributed by atoms with van der Waals surface area (Å²) in [5.74, 6) is -0.543. The Morgan fingerprint density at radius 3 is 2.35 bits per heavy atom. The van der Waals surface area contributed by atoms with E-state index in [0.717, 1.165) is 5.56 Å². The third-order valence-electron chi connectivity index (χ3n) is 2.46. The second kappa shape index (κ2) is 4.47. The van der Waals surface area contributed by atoms with Gasteiger partial charge < -0.3 is 11.5 Å². The molecule has 4 N–H and O–H groups in total. The van der Waals surface area contributed by atoms with Gasteiger partial charge in [0.25, 0.3) is 0 Å². The molecule has 0 aliphatic heterocycles. The van der Waals surface area contributed by atoms with E-state index >= 15 is 0 Å². The van der Waals surface area contributed by atoms with Crippen LogP contribution in [-0.4, -0.2) is 5.91 Å². The summed E-state index contributed by atoms with van der Waals surface area (Å²) in [5, 5.41) is 0.399. The van der Waals surface area contributed by atoms with Gasteiger partial charge in [0.1, 0.15) is 0 Å². The zero-order valence-electron chi connectivity index (χ0n) is 8.98. The van der Waals surface area contributed by atoms with Crippen molar-refractivity contribution in [1.29, 1.82) is 0 Å². The number of carbonyl (C=O) groups excluding carboxylic acids is 1. The Balaban J connectivity index is 2.72. The van der Waals surface area contributed by atoms with Crippen LogP contribution in [0.25, 0.3) is 11.1 Å². The van der Waals surface area contributed by atoms with Gasteiger partial charge in [0, 0.05) is 16.3 Å². The lowest BCUT2D eigenvalue weighted by Gasteiger charge is -2.11. The van der Waals surface area contributed by atoms with Crippen LogP contribution in [0.5, 0.6) is 0 Å². The summed E-state index contributed by atoms with van der Waals surface area (Å²) >= 11 is 5.87. The zero-order valence-corrected chi connectivity index (χ0v) is 9.74. The van der Waals surface area contributed by atoms with Crippen LogP contribution in [0, 0.1) is 0 Å². The average Bonchev–Trinajstić information content (AvgIpc) is 2.29. The number of anilines is 1. The van der Waals surface area contributed by atoms with E-state index in [-0.39, 0.29) is 0 Å². The van der Waals surface area contributed by atoms with E-state index in [2.05, 4.69) is 0 Å². The minimum absolute atomic E-state index is 0.334. The first-order valence-electron chi connectivity index (χ1n) is 5.04. The van der Waals surface area contributed by atoms with Crippen molar-refractivity contribution >= 4 is 23.2 Å². The number of nitrogens with two attached hydrogens (primary N) is 2. The molecule has 2 aromatic carbocycles. The van der Waals surface area contributed by atoms with Crippen molar-refractivity contribution in [2.24, 2.45) is 5.73 Å². The van der Waals surface area contributed by atoms with E-state index in [4.69, 9.17) is 23.1 Å². The monoisotopic (exact) mass is 246 g/mol. The van der Waals surface area contributed by atoms with Crippen LogP contribution in [-0.2, 0) is 0 Å². The lowest BCUT2D eigenvalue weighted by atomic mass is 9.97. The molecule has 0 heterocycles. The van der Waals surface area contributed by atoms with Gasteiger partial charge in [0.05, 0.1) is 5.56 Å². The number of hydrogen-bond donors (Lipinski definition) is 2. The maximum atomic E-state index is 11.4. The molecule has 17 heavy (non-hydrogen) atoms. The quantitative estimate of drug-likeness (QED) is 0.800. The lowest BCUT2D eigenvalue weighted by Crippen LogP contribution is -2.13. The highest BCUT2D eigenvalue weighted by atomic mass is 35.5. The maximum Gasteiger partial charge on any atom is 0.249 e. The molecule has 0 aromatic heterocycles. The third-order valence-corrected chi connectivity index (χ3v) is 2.68. The second-order valence-corrected chi connectivity index (χ2v) is 4.08. The van der Waals surface area contributed by atoms with E-state index in [1.807, 2.05) is 30.3 Å². The molecule has 0 saturated heterocycles. The van der Waals surface area contributed by atoms with Crippen LogP contribution >= 0.6 is 11.6 Å². The second-order valence-electron chi connectivity index (χ2n) is 3.65. The van der Waals surface area contributed by atoms with Crippen molar-refractivity contribution in [2.45, 2.75) is 0 Å². The molecule has 0 spiro atoms. The van der Waals surface area contributed by atoms with Gasteiger partial charge in [-0.25, -0.2) is 0 Å². The molecule has 4 heteroatoms. The van der Waals surface area contributed by atoms with Crippen LogP contribution in [0.2, 0.25) is 5.02 Å². The first kappa shape index (κ1) is 11.5. The largest absolute Gasteiger partial charge is 0.398 e. The van der Waals surface area contributed by atoms with Gasteiger partial charge in [-0.05, 0) is 17.7 Å². The summed E-state index contributed by atoms with van der Waals surface area (Å²) in [6.45, 7) is 0. The molecular weight excluding hydrogens is 236 g/mol. The third kappa shape index (κ3) is 2.24. The van der Waals surface area contributed by atoms with Crippen molar-refractivity contribution in [3.63, 3.8) is 0 Å². The van der Waals surface area contributed by atoms with Gasteiger partial charge in [-0.3, -0.25) is 4.79 Å². The van der Waals surface area contributed by atoms with Gasteiger partial charge in [-0.1, -0.05) is 41.9 Å². The van der Waals surface area contributed by atoms with Crippen molar-refractivity contribution in [3.8, 4) is 11.1 Å². The van der Waals surface area contributed by atoms with Crippen LogP contribution in [0.1, 0.15) is 10.4 Å². The lowest BCUT2D eigenvalue weighted by molar-refractivity contribution is 0.100. The first-order valence-corrected chi connectivity index (χ1v) is 5.41. The van der Waals surface area contributed by atoms with E-state index in [1.54, 1.807) is 6.07 Å². The molecule has 86 valence electrons. The average molecular weight is 247 g/mol. The van der Waals surface area contributed by atoms with Crippen LogP contribution in [0.15, 0.2) is 42.5 Å². The molecule has 0 atom stereocenters. The van der Waals surface area contributed by atoms with Gasteiger partial charge in [0.2, 0.25) is 5.91 Å². The Morgan fingerprint density at radius 2 is 1.76 bits per heavy atom. The van der Waals surface area contributed by atoms with E-state index < -0.39 is 5.91 Å². The summed E-state index contributed by atoms with van der Waals surface area (Å²) in [6.07, 6.45) is 0. The molecule has 0 aliphatic carbocycles. The van der Waals surface area contributed by atoms with Crippen molar-refractivity contribution in [3.05, 3.63) is 53.1 Å². The first-order chi connectivity index (χ1) is 8.09. The molecule has 0 saturated carbocycles.